The van der Waals surface area contributed by atoms with Crippen LogP contribution in [0.1, 0.15) is 17.4 Å². The summed E-state index contributed by atoms with van der Waals surface area (Å²) >= 11 is 0. The first kappa shape index (κ1) is 21.7. The Bertz CT molecular complexity index is 1310. The summed E-state index contributed by atoms with van der Waals surface area (Å²) in [7, 11) is 1.54. The number of methoxy groups -OCH3 is 1. The average Bonchev–Trinajstić information content (AvgIpc) is 2.86. The predicted molar refractivity (Wildman–Crippen MR) is 125 cm³/mol. The number of fused-ring (bicyclic) bond motifs is 1. The Morgan fingerprint density at radius 3 is 2.48 bits per heavy atom. The molecular weight excluding hydrogens is 418 g/mol. The second-order valence-electron chi connectivity index (χ2n) is 7.07. The van der Waals surface area contributed by atoms with E-state index >= 15 is 0 Å². The van der Waals surface area contributed by atoms with Gasteiger partial charge in [0, 0.05) is 23.4 Å². The number of aromatic nitrogens is 2. The maximum absolute atomic E-state index is 13.0. The van der Waals surface area contributed by atoms with Crippen LogP contribution in [0.25, 0.3) is 17.1 Å². The molecule has 0 saturated heterocycles. The Morgan fingerprint density at radius 2 is 1.70 bits per heavy atom. The number of hydrogen-bond donors (Lipinski definition) is 1. The van der Waals surface area contributed by atoms with E-state index in [0.29, 0.717) is 28.2 Å². The van der Waals surface area contributed by atoms with E-state index in [-0.39, 0.29) is 0 Å². The van der Waals surface area contributed by atoms with E-state index in [1.165, 1.54) is 12.2 Å². The monoisotopic (exact) mass is 439 g/mol. The van der Waals surface area contributed by atoms with Crippen molar-refractivity contribution in [1.29, 1.82) is 0 Å². The molecule has 0 spiro atoms. The number of esters is 1. The van der Waals surface area contributed by atoms with Crippen LogP contribution >= 0.6 is 0 Å². The molecule has 7 nitrogen and oxygen atoms in total. The van der Waals surface area contributed by atoms with Crippen LogP contribution in [-0.4, -0.2) is 29.0 Å². The van der Waals surface area contributed by atoms with Crippen molar-refractivity contribution in [3.63, 3.8) is 0 Å². The van der Waals surface area contributed by atoms with Gasteiger partial charge in [-0.3, -0.25) is 9.78 Å². The molecule has 1 heterocycles. The van der Waals surface area contributed by atoms with E-state index < -0.39 is 18.0 Å². The number of carbonyl (C=O) groups excluding carboxylic acids is 2. The van der Waals surface area contributed by atoms with Crippen LogP contribution in [0.2, 0.25) is 0 Å². The Morgan fingerprint density at radius 1 is 0.939 bits per heavy atom. The minimum absolute atomic E-state index is 0.485. The summed E-state index contributed by atoms with van der Waals surface area (Å²) in [6, 6.07) is 23.2. The maximum Gasteiger partial charge on any atom is 0.331 e. The molecule has 0 aliphatic heterocycles. The lowest BCUT2D eigenvalue weighted by atomic mass is 10.1. The number of anilines is 1. The molecule has 0 aliphatic rings. The van der Waals surface area contributed by atoms with Crippen molar-refractivity contribution >= 4 is 34.7 Å². The summed E-state index contributed by atoms with van der Waals surface area (Å²) in [4.78, 5) is 34.3. The van der Waals surface area contributed by atoms with E-state index in [1.807, 2.05) is 30.3 Å². The van der Waals surface area contributed by atoms with Crippen molar-refractivity contribution in [2.24, 2.45) is 0 Å². The zero-order chi connectivity index (χ0) is 23.0. The van der Waals surface area contributed by atoms with Crippen molar-refractivity contribution < 1.29 is 19.1 Å². The lowest BCUT2D eigenvalue weighted by molar-refractivity contribution is -0.149. The van der Waals surface area contributed by atoms with E-state index in [2.05, 4.69) is 15.3 Å². The van der Waals surface area contributed by atoms with Crippen molar-refractivity contribution in [2.45, 2.75) is 6.10 Å². The van der Waals surface area contributed by atoms with Gasteiger partial charge in [0.25, 0.3) is 5.91 Å². The van der Waals surface area contributed by atoms with Gasteiger partial charge < -0.3 is 14.8 Å². The van der Waals surface area contributed by atoms with Crippen molar-refractivity contribution in [3.05, 3.63) is 102 Å². The summed E-state index contributed by atoms with van der Waals surface area (Å²) in [5.74, 6) is -0.568. The minimum atomic E-state index is -1.14. The molecule has 164 valence electrons. The lowest BCUT2D eigenvalue weighted by Gasteiger charge is -2.17. The first-order chi connectivity index (χ1) is 16.1. The number of ether oxygens (including phenoxy) is 2. The van der Waals surface area contributed by atoms with Gasteiger partial charge in [0.1, 0.15) is 5.75 Å². The third-order valence-corrected chi connectivity index (χ3v) is 4.77. The smallest absolute Gasteiger partial charge is 0.331 e. The zero-order valence-electron chi connectivity index (χ0n) is 17.8. The number of amides is 1. The van der Waals surface area contributed by atoms with Crippen molar-refractivity contribution in [2.75, 3.05) is 12.4 Å². The van der Waals surface area contributed by atoms with Gasteiger partial charge in [0.2, 0.25) is 6.10 Å². The van der Waals surface area contributed by atoms with Gasteiger partial charge in [-0.2, -0.15) is 0 Å². The molecule has 1 amide bonds. The molecule has 4 aromatic rings. The Labute approximate surface area is 190 Å². The van der Waals surface area contributed by atoms with E-state index in [1.54, 1.807) is 61.8 Å². The van der Waals surface area contributed by atoms with Gasteiger partial charge in [-0.05, 0) is 30.3 Å². The van der Waals surface area contributed by atoms with Crippen LogP contribution in [-0.2, 0) is 14.3 Å². The second kappa shape index (κ2) is 10.2. The van der Waals surface area contributed by atoms with Crippen LogP contribution in [0, 0.1) is 0 Å². The molecule has 0 saturated carbocycles. The van der Waals surface area contributed by atoms with Crippen molar-refractivity contribution in [3.8, 4) is 5.75 Å². The van der Waals surface area contributed by atoms with Crippen LogP contribution < -0.4 is 10.1 Å². The molecule has 3 aromatic carbocycles. The van der Waals surface area contributed by atoms with Gasteiger partial charge in [0.05, 0.1) is 30.0 Å². The fourth-order valence-electron chi connectivity index (χ4n) is 3.17. The Kier molecular flexibility index (Phi) is 6.70. The third-order valence-electron chi connectivity index (χ3n) is 4.77. The molecule has 1 N–H and O–H groups in total. The number of carbonyl (C=O) groups is 2. The quantitative estimate of drug-likeness (QED) is 0.335. The number of rotatable bonds is 7. The third kappa shape index (κ3) is 5.59. The molecule has 4 rings (SSSR count). The molecule has 0 radical (unpaired) electrons. The predicted octanol–water partition coefficient (Wildman–Crippen LogP) is 4.57. The second-order valence-corrected chi connectivity index (χ2v) is 7.07. The van der Waals surface area contributed by atoms with Gasteiger partial charge in [0.15, 0.2) is 0 Å². The standard InChI is InChI=1S/C26H21N3O4/c1-32-21-11-7-10-19(16-21)29-26(31)25(18-8-3-2-4-9-18)33-24(30)15-14-20-17-27-22-12-5-6-13-23(22)28-20/h2-17,25H,1H3,(H,29,31)/b15-14+/t25-/m0/s1. The van der Waals surface area contributed by atoms with Gasteiger partial charge in [-0.25, -0.2) is 9.78 Å². The normalized spacial score (nSPS) is 11.8. The SMILES string of the molecule is COc1cccc(NC(=O)[C@@H](OC(=O)/C=C/c2cnc3ccccc3n2)c2ccccc2)c1. The molecule has 1 atom stereocenters. The topological polar surface area (TPSA) is 90.4 Å². The molecule has 0 fully saturated rings. The summed E-state index contributed by atoms with van der Waals surface area (Å²) in [6.07, 6.45) is 3.16. The average molecular weight is 439 g/mol. The van der Waals surface area contributed by atoms with Crippen LogP contribution in [0.3, 0.4) is 0 Å². The Balaban J connectivity index is 1.51. The molecular formula is C26H21N3O4. The highest BCUT2D eigenvalue weighted by molar-refractivity contribution is 5.97. The zero-order valence-corrected chi connectivity index (χ0v) is 17.8. The van der Waals surface area contributed by atoms with E-state index in [4.69, 9.17) is 9.47 Å². The van der Waals surface area contributed by atoms with Crippen molar-refractivity contribution in [1.82, 2.24) is 9.97 Å². The molecule has 0 aliphatic carbocycles. The number of benzene rings is 3. The largest absolute Gasteiger partial charge is 0.497 e. The van der Waals surface area contributed by atoms with Gasteiger partial charge >= 0.3 is 5.97 Å². The summed E-state index contributed by atoms with van der Waals surface area (Å²) in [6.45, 7) is 0. The van der Waals surface area contributed by atoms with Gasteiger partial charge in [-0.1, -0.05) is 48.5 Å². The molecule has 0 bridgehead atoms. The fraction of sp³-hybridized carbons (Fsp3) is 0.0769. The summed E-state index contributed by atoms with van der Waals surface area (Å²) in [5.41, 5.74) is 3.05. The fourth-order valence-corrected chi connectivity index (χ4v) is 3.17. The maximum atomic E-state index is 13.0. The summed E-state index contributed by atoms with van der Waals surface area (Å²) < 4.78 is 10.7. The number of para-hydroxylation sites is 2. The minimum Gasteiger partial charge on any atom is -0.497 e. The molecule has 1 aromatic heterocycles. The molecule has 7 heteroatoms. The van der Waals surface area contributed by atoms with E-state index in [9.17, 15) is 9.59 Å². The number of nitrogens with zero attached hydrogens (tertiary/aromatic N) is 2. The van der Waals surface area contributed by atoms with E-state index in [0.717, 1.165) is 5.52 Å². The lowest BCUT2D eigenvalue weighted by Crippen LogP contribution is -2.25. The highest BCUT2D eigenvalue weighted by atomic mass is 16.5. The highest BCUT2D eigenvalue weighted by Crippen LogP contribution is 2.22. The number of nitrogens with one attached hydrogen (secondary N) is 1. The van der Waals surface area contributed by atoms with Gasteiger partial charge in [-0.15, -0.1) is 0 Å². The Hall–Kier alpha value is -4.52. The first-order valence-corrected chi connectivity index (χ1v) is 10.2. The first-order valence-electron chi connectivity index (χ1n) is 10.2. The highest BCUT2D eigenvalue weighted by Gasteiger charge is 2.24. The van der Waals surface area contributed by atoms with Crippen LogP contribution in [0.5, 0.6) is 5.75 Å². The number of hydrogen-bond acceptors (Lipinski definition) is 6. The van der Waals surface area contributed by atoms with Crippen LogP contribution in [0.4, 0.5) is 5.69 Å². The van der Waals surface area contributed by atoms with Crippen LogP contribution in [0.15, 0.2) is 91.1 Å². The molecule has 33 heavy (non-hydrogen) atoms. The molecule has 0 unspecified atom stereocenters. The summed E-state index contributed by atoms with van der Waals surface area (Å²) in [5, 5.41) is 2.77.